The van der Waals surface area contributed by atoms with Crippen LogP contribution in [-0.2, 0) is 0 Å². The summed E-state index contributed by atoms with van der Waals surface area (Å²) in [5.41, 5.74) is 5.65. The van der Waals surface area contributed by atoms with Crippen LogP contribution in [0.3, 0.4) is 0 Å². The molecule has 22 heavy (non-hydrogen) atoms. The van der Waals surface area contributed by atoms with Crippen molar-refractivity contribution in [1.82, 2.24) is 0 Å². The maximum atomic E-state index is 11.4. The lowest BCUT2D eigenvalue weighted by molar-refractivity contribution is 0.0995. The van der Waals surface area contributed by atoms with Gasteiger partial charge in [-0.1, -0.05) is 24.3 Å². The molecule has 0 atom stereocenters. The second-order valence-electron chi connectivity index (χ2n) is 4.56. The van der Waals surface area contributed by atoms with Gasteiger partial charge < -0.3 is 19.9 Å². The highest BCUT2D eigenvalue weighted by atomic mass is 16.5. The summed E-state index contributed by atoms with van der Waals surface area (Å²) in [7, 11) is 1.52. The first-order chi connectivity index (χ1) is 10.7. The van der Waals surface area contributed by atoms with E-state index < -0.39 is 5.91 Å². The monoisotopic (exact) mass is 301 g/mol. The van der Waals surface area contributed by atoms with E-state index in [1.165, 1.54) is 7.11 Å². The lowest BCUT2D eigenvalue weighted by Gasteiger charge is -2.13. The van der Waals surface area contributed by atoms with Crippen LogP contribution in [0.2, 0.25) is 0 Å². The number of hydrogen-bond acceptors (Lipinski definition) is 4. The van der Waals surface area contributed by atoms with E-state index in [1.807, 2.05) is 30.3 Å². The molecule has 0 saturated heterocycles. The normalized spacial score (nSPS) is 10.0. The van der Waals surface area contributed by atoms with Crippen molar-refractivity contribution in [2.24, 2.45) is 5.73 Å². The fourth-order valence-corrected chi connectivity index (χ4v) is 1.96. The largest absolute Gasteiger partial charge is 0.493 e. The van der Waals surface area contributed by atoms with Gasteiger partial charge in [0.25, 0.3) is 5.91 Å². The number of methoxy groups -OCH3 is 1. The Bertz CT molecular complexity index is 613. The second-order valence-corrected chi connectivity index (χ2v) is 4.56. The lowest BCUT2D eigenvalue weighted by Crippen LogP contribution is -2.14. The van der Waals surface area contributed by atoms with Crippen molar-refractivity contribution < 1.29 is 19.0 Å². The highest BCUT2D eigenvalue weighted by Gasteiger charge is 2.14. The van der Waals surface area contributed by atoms with E-state index in [1.54, 1.807) is 18.2 Å². The number of hydrogen-bond donors (Lipinski definition) is 1. The fourth-order valence-electron chi connectivity index (χ4n) is 1.96. The molecule has 0 aromatic heterocycles. The molecule has 2 aromatic carbocycles. The Labute approximate surface area is 129 Å². The molecule has 2 N–H and O–H groups in total. The van der Waals surface area contributed by atoms with Gasteiger partial charge in [0, 0.05) is 6.42 Å². The number of benzene rings is 2. The molecule has 0 aliphatic carbocycles. The molecule has 0 aliphatic rings. The maximum absolute atomic E-state index is 11.4. The predicted octanol–water partition coefficient (Wildman–Crippen LogP) is 2.64. The van der Waals surface area contributed by atoms with Crippen LogP contribution < -0.4 is 19.9 Å². The van der Waals surface area contributed by atoms with Gasteiger partial charge in [-0.15, -0.1) is 0 Å². The van der Waals surface area contributed by atoms with Crippen molar-refractivity contribution in [3.63, 3.8) is 0 Å². The van der Waals surface area contributed by atoms with Gasteiger partial charge in [-0.2, -0.15) is 0 Å². The number of para-hydroxylation sites is 2. The van der Waals surface area contributed by atoms with Gasteiger partial charge >= 0.3 is 0 Å². The van der Waals surface area contributed by atoms with E-state index in [4.69, 9.17) is 19.9 Å². The van der Waals surface area contributed by atoms with Crippen LogP contribution in [-0.4, -0.2) is 26.2 Å². The summed E-state index contributed by atoms with van der Waals surface area (Å²) in [5, 5.41) is 0. The van der Waals surface area contributed by atoms with Crippen LogP contribution in [0.1, 0.15) is 16.8 Å². The third-order valence-electron chi connectivity index (χ3n) is 3.01. The number of carbonyl (C=O) groups excluding carboxylic acids is 1. The first kappa shape index (κ1) is 15.7. The van der Waals surface area contributed by atoms with E-state index in [9.17, 15) is 4.79 Å². The number of rotatable bonds is 8. The Hall–Kier alpha value is -2.69. The van der Waals surface area contributed by atoms with Crippen molar-refractivity contribution in [3.05, 3.63) is 54.1 Å². The summed E-state index contributed by atoms with van der Waals surface area (Å²) in [5.74, 6) is 1.13. The molecule has 0 radical (unpaired) electrons. The standard InChI is InChI=1S/C17H19NO4/c1-20-15-10-5-9-14(17(18)19)16(15)22-12-6-11-21-13-7-3-2-4-8-13/h2-5,7-10H,6,11-12H2,1H3,(H2,18,19). The van der Waals surface area contributed by atoms with Gasteiger partial charge in [-0.3, -0.25) is 4.79 Å². The third-order valence-corrected chi connectivity index (χ3v) is 3.01. The minimum Gasteiger partial charge on any atom is -0.493 e. The Balaban J connectivity index is 1.87. The Kier molecular flexibility index (Phi) is 5.65. The van der Waals surface area contributed by atoms with Crippen molar-refractivity contribution >= 4 is 5.91 Å². The van der Waals surface area contributed by atoms with Gasteiger partial charge in [0.15, 0.2) is 11.5 Å². The van der Waals surface area contributed by atoms with E-state index in [2.05, 4.69) is 0 Å². The van der Waals surface area contributed by atoms with Crippen molar-refractivity contribution in [3.8, 4) is 17.2 Å². The van der Waals surface area contributed by atoms with E-state index >= 15 is 0 Å². The summed E-state index contributed by atoms with van der Waals surface area (Å²) in [4.78, 5) is 11.4. The zero-order valence-electron chi connectivity index (χ0n) is 12.5. The Morgan fingerprint density at radius 3 is 2.41 bits per heavy atom. The van der Waals surface area contributed by atoms with E-state index in [-0.39, 0.29) is 0 Å². The number of carbonyl (C=O) groups is 1. The smallest absolute Gasteiger partial charge is 0.252 e. The van der Waals surface area contributed by atoms with Crippen LogP contribution in [0.25, 0.3) is 0 Å². The van der Waals surface area contributed by atoms with Crippen molar-refractivity contribution in [2.45, 2.75) is 6.42 Å². The minimum atomic E-state index is -0.547. The molecular formula is C17H19NO4. The summed E-state index contributed by atoms with van der Waals surface area (Å²) in [6.07, 6.45) is 0.672. The Morgan fingerprint density at radius 2 is 1.73 bits per heavy atom. The molecule has 116 valence electrons. The van der Waals surface area contributed by atoms with E-state index in [0.717, 1.165) is 5.75 Å². The molecule has 0 aliphatic heterocycles. The van der Waals surface area contributed by atoms with Gasteiger partial charge in [0.05, 0.1) is 25.9 Å². The number of ether oxygens (including phenoxy) is 3. The minimum absolute atomic E-state index is 0.309. The molecule has 2 aromatic rings. The van der Waals surface area contributed by atoms with Crippen molar-refractivity contribution in [2.75, 3.05) is 20.3 Å². The van der Waals surface area contributed by atoms with Crippen molar-refractivity contribution in [1.29, 1.82) is 0 Å². The molecule has 1 amide bonds. The summed E-state index contributed by atoms with van der Waals surface area (Å²) in [6, 6.07) is 14.6. The molecule has 5 heteroatoms. The quantitative estimate of drug-likeness (QED) is 0.761. The molecule has 0 fully saturated rings. The number of nitrogens with two attached hydrogens (primary N) is 1. The van der Waals surface area contributed by atoms with Crippen LogP contribution in [0.4, 0.5) is 0 Å². The van der Waals surface area contributed by atoms with Crippen LogP contribution >= 0.6 is 0 Å². The molecule has 0 bridgehead atoms. The van der Waals surface area contributed by atoms with Gasteiger partial charge in [0.2, 0.25) is 0 Å². The zero-order valence-corrected chi connectivity index (χ0v) is 12.5. The molecule has 5 nitrogen and oxygen atoms in total. The molecule has 2 rings (SSSR count). The number of primary amides is 1. The van der Waals surface area contributed by atoms with Gasteiger partial charge in [-0.25, -0.2) is 0 Å². The summed E-state index contributed by atoms with van der Waals surface area (Å²) < 4.78 is 16.4. The van der Waals surface area contributed by atoms with Crippen LogP contribution in [0.15, 0.2) is 48.5 Å². The number of amides is 1. The second kappa shape index (κ2) is 7.93. The highest BCUT2D eigenvalue weighted by Crippen LogP contribution is 2.30. The lowest BCUT2D eigenvalue weighted by atomic mass is 10.2. The van der Waals surface area contributed by atoms with Crippen LogP contribution in [0.5, 0.6) is 17.2 Å². The first-order valence-corrected chi connectivity index (χ1v) is 7.00. The summed E-state index contributed by atoms with van der Waals surface area (Å²) in [6.45, 7) is 0.915. The first-order valence-electron chi connectivity index (χ1n) is 7.00. The maximum Gasteiger partial charge on any atom is 0.252 e. The average Bonchev–Trinajstić information content (AvgIpc) is 2.55. The van der Waals surface area contributed by atoms with Crippen LogP contribution in [0, 0.1) is 0 Å². The molecule has 0 heterocycles. The molecule has 0 saturated carbocycles. The van der Waals surface area contributed by atoms with E-state index in [0.29, 0.717) is 36.7 Å². The highest BCUT2D eigenvalue weighted by molar-refractivity contribution is 5.96. The fraction of sp³-hybridized carbons (Fsp3) is 0.235. The summed E-state index contributed by atoms with van der Waals surface area (Å²) >= 11 is 0. The average molecular weight is 301 g/mol. The van der Waals surface area contributed by atoms with Gasteiger partial charge in [-0.05, 0) is 24.3 Å². The molecular weight excluding hydrogens is 282 g/mol. The zero-order chi connectivity index (χ0) is 15.8. The Morgan fingerprint density at radius 1 is 1.00 bits per heavy atom. The SMILES string of the molecule is COc1cccc(C(N)=O)c1OCCCOc1ccccc1. The molecule has 0 unspecified atom stereocenters. The topological polar surface area (TPSA) is 70.8 Å². The van der Waals surface area contributed by atoms with Gasteiger partial charge in [0.1, 0.15) is 5.75 Å². The molecule has 0 spiro atoms. The third kappa shape index (κ3) is 4.15. The predicted molar refractivity (Wildman–Crippen MR) is 83.6 cm³/mol.